The van der Waals surface area contributed by atoms with Gasteiger partial charge in [-0.15, -0.1) is 0 Å². The fraction of sp³-hybridized carbons (Fsp3) is 0.435. The van der Waals surface area contributed by atoms with Crippen molar-refractivity contribution in [2.45, 2.75) is 30.8 Å². The first-order valence-corrected chi connectivity index (χ1v) is 12.7. The topological polar surface area (TPSA) is 79.0 Å². The maximum atomic E-state index is 13.0. The molecule has 0 bridgehead atoms. The van der Waals surface area contributed by atoms with Gasteiger partial charge in [-0.1, -0.05) is 35.9 Å². The van der Waals surface area contributed by atoms with E-state index in [0.29, 0.717) is 32.8 Å². The van der Waals surface area contributed by atoms with Crippen molar-refractivity contribution in [3.63, 3.8) is 0 Å². The molecule has 0 radical (unpaired) electrons. The molecule has 2 aliphatic rings. The van der Waals surface area contributed by atoms with Gasteiger partial charge in [0.2, 0.25) is 10.0 Å². The number of nitrogens with one attached hydrogen (secondary N) is 1. The Morgan fingerprint density at radius 1 is 1.00 bits per heavy atom. The van der Waals surface area contributed by atoms with Gasteiger partial charge in [-0.25, -0.2) is 8.42 Å². The van der Waals surface area contributed by atoms with Crippen LogP contribution in [0.25, 0.3) is 0 Å². The summed E-state index contributed by atoms with van der Waals surface area (Å²) < 4.78 is 32.5. The first-order valence-electron chi connectivity index (χ1n) is 10.9. The van der Waals surface area contributed by atoms with Gasteiger partial charge in [0.25, 0.3) is 5.91 Å². The lowest BCUT2D eigenvalue weighted by Gasteiger charge is -2.26. The molecule has 172 valence electrons. The average molecular weight is 478 g/mol. The number of rotatable bonds is 7. The van der Waals surface area contributed by atoms with Crippen LogP contribution in [0.15, 0.2) is 47.4 Å². The Kier molecular flexibility index (Phi) is 7.48. The monoisotopic (exact) mass is 477 g/mol. The molecule has 0 aliphatic carbocycles. The third-order valence-electron chi connectivity index (χ3n) is 5.94. The second kappa shape index (κ2) is 10.3. The molecule has 7 nitrogen and oxygen atoms in total. The fourth-order valence-corrected chi connectivity index (χ4v) is 5.75. The number of amides is 1. The average Bonchev–Trinajstić information content (AvgIpc) is 3.32. The zero-order chi connectivity index (χ0) is 22.6. The van der Waals surface area contributed by atoms with E-state index >= 15 is 0 Å². The van der Waals surface area contributed by atoms with Gasteiger partial charge in [0.1, 0.15) is 0 Å². The zero-order valence-electron chi connectivity index (χ0n) is 17.9. The number of morpholine rings is 1. The first kappa shape index (κ1) is 23.2. The Morgan fingerprint density at radius 3 is 2.41 bits per heavy atom. The summed E-state index contributed by atoms with van der Waals surface area (Å²) in [5.41, 5.74) is 2.38. The highest BCUT2D eigenvalue weighted by molar-refractivity contribution is 7.89. The van der Waals surface area contributed by atoms with Gasteiger partial charge in [-0.3, -0.25) is 9.69 Å². The lowest BCUT2D eigenvalue weighted by atomic mass is 10.1. The predicted octanol–water partition coefficient (Wildman–Crippen LogP) is 2.89. The molecular formula is C23H28ClN3O4S. The maximum Gasteiger partial charge on any atom is 0.253 e. The summed E-state index contributed by atoms with van der Waals surface area (Å²) in [5, 5.41) is 3.13. The fourth-order valence-electron chi connectivity index (χ4n) is 4.11. The minimum Gasteiger partial charge on any atom is -0.379 e. The van der Waals surface area contributed by atoms with Crippen molar-refractivity contribution in [2.75, 3.05) is 39.4 Å². The van der Waals surface area contributed by atoms with Gasteiger partial charge in [0.15, 0.2) is 0 Å². The van der Waals surface area contributed by atoms with E-state index < -0.39 is 15.9 Å². The van der Waals surface area contributed by atoms with E-state index in [1.54, 1.807) is 0 Å². The van der Waals surface area contributed by atoms with Crippen molar-refractivity contribution in [1.29, 1.82) is 0 Å². The molecule has 32 heavy (non-hydrogen) atoms. The van der Waals surface area contributed by atoms with Crippen LogP contribution in [0.5, 0.6) is 0 Å². The number of carbonyl (C=O) groups excluding carboxylic acids is 1. The number of hydrogen-bond acceptors (Lipinski definition) is 5. The van der Waals surface area contributed by atoms with E-state index in [1.807, 2.05) is 18.2 Å². The highest BCUT2D eigenvalue weighted by Gasteiger charge is 2.27. The van der Waals surface area contributed by atoms with Gasteiger partial charge < -0.3 is 10.1 Å². The van der Waals surface area contributed by atoms with Crippen LogP contribution < -0.4 is 5.32 Å². The molecule has 2 aromatic rings. The predicted molar refractivity (Wildman–Crippen MR) is 123 cm³/mol. The van der Waals surface area contributed by atoms with Gasteiger partial charge in [0.05, 0.1) is 28.7 Å². The van der Waals surface area contributed by atoms with E-state index in [1.165, 1.54) is 40.9 Å². The van der Waals surface area contributed by atoms with Crippen molar-refractivity contribution in [1.82, 2.24) is 14.5 Å². The zero-order valence-corrected chi connectivity index (χ0v) is 19.5. The molecular weight excluding hydrogens is 450 g/mol. The molecule has 0 saturated carbocycles. The van der Waals surface area contributed by atoms with Gasteiger partial charge in [-0.2, -0.15) is 4.31 Å². The number of likely N-dealkylation sites (tertiary alicyclic amines) is 1. The highest BCUT2D eigenvalue weighted by Crippen LogP contribution is 2.24. The first-order chi connectivity index (χ1) is 15.4. The summed E-state index contributed by atoms with van der Waals surface area (Å²) in [4.78, 5) is 15.4. The summed E-state index contributed by atoms with van der Waals surface area (Å²) in [7, 11) is -3.71. The molecule has 9 heteroatoms. The van der Waals surface area contributed by atoms with Crippen molar-refractivity contribution in [3.05, 3.63) is 64.2 Å². The summed E-state index contributed by atoms with van der Waals surface area (Å²) in [5.74, 6) is -0.398. The Bertz CT molecular complexity index is 1060. The minimum absolute atomic E-state index is 0.0587. The molecule has 1 amide bonds. The van der Waals surface area contributed by atoms with Crippen LogP contribution in [0.1, 0.15) is 34.3 Å². The SMILES string of the molecule is O=C(NCc1ccccc1CN1CCCC1)c1cc(S(=O)(=O)N2CCOCC2)ccc1Cl. The molecule has 0 unspecified atom stereocenters. The second-order valence-electron chi connectivity index (χ2n) is 8.09. The van der Waals surface area contributed by atoms with E-state index in [9.17, 15) is 13.2 Å². The van der Waals surface area contributed by atoms with Crippen LogP contribution in [0.4, 0.5) is 0 Å². The highest BCUT2D eigenvalue weighted by atomic mass is 35.5. The normalized spacial score (nSPS) is 18.0. The van der Waals surface area contributed by atoms with Gasteiger partial charge in [-0.05, 0) is 55.3 Å². The third-order valence-corrected chi connectivity index (χ3v) is 8.16. The summed E-state index contributed by atoms with van der Waals surface area (Å²) in [6.07, 6.45) is 2.45. The summed E-state index contributed by atoms with van der Waals surface area (Å²) in [6.45, 7) is 4.70. The standard InChI is InChI=1S/C23H28ClN3O4S/c24-22-8-7-20(32(29,30)27-11-13-31-14-12-27)15-21(22)23(28)25-16-18-5-1-2-6-19(18)17-26-9-3-4-10-26/h1-2,5-8,15H,3-4,9-14,16-17H2,(H,25,28). The second-order valence-corrected chi connectivity index (χ2v) is 10.4. The molecule has 2 aliphatic heterocycles. The smallest absolute Gasteiger partial charge is 0.253 e. The van der Waals surface area contributed by atoms with Crippen LogP contribution in [-0.4, -0.2) is 62.9 Å². The van der Waals surface area contributed by atoms with Crippen molar-refractivity contribution < 1.29 is 17.9 Å². The van der Waals surface area contributed by atoms with E-state index in [-0.39, 0.29) is 15.5 Å². The Balaban J connectivity index is 1.48. The molecule has 2 aromatic carbocycles. The van der Waals surface area contributed by atoms with Crippen LogP contribution in [0.3, 0.4) is 0 Å². The molecule has 0 aromatic heterocycles. The number of ether oxygens (including phenoxy) is 1. The van der Waals surface area contributed by atoms with Gasteiger partial charge >= 0.3 is 0 Å². The lowest BCUT2D eigenvalue weighted by Crippen LogP contribution is -2.40. The molecule has 1 N–H and O–H groups in total. The number of carbonyl (C=O) groups is 1. The van der Waals surface area contributed by atoms with E-state index in [2.05, 4.69) is 16.3 Å². The van der Waals surface area contributed by atoms with E-state index in [0.717, 1.165) is 25.2 Å². The summed E-state index contributed by atoms with van der Waals surface area (Å²) in [6, 6.07) is 12.3. The van der Waals surface area contributed by atoms with Crippen LogP contribution in [0, 0.1) is 0 Å². The van der Waals surface area contributed by atoms with Crippen LogP contribution in [0.2, 0.25) is 5.02 Å². The lowest BCUT2D eigenvalue weighted by molar-refractivity contribution is 0.0730. The number of halogens is 1. The number of sulfonamides is 1. The van der Waals surface area contributed by atoms with Crippen LogP contribution >= 0.6 is 11.6 Å². The maximum absolute atomic E-state index is 13.0. The number of benzene rings is 2. The Morgan fingerprint density at radius 2 is 1.69 bits per heavy atom. The molecule has 0 spiro atoms. The molecule has 0 atom stereocenters. The molecule has 2 heterocycles. The van der Waals surface area contributed by atoms with Crippen molar-refractivity contribution in [3.8, 4) is 0 Å². The number of nitrogens with zero attached hydrogens (tertiary/aromatic N) is 2. The summed E-state index contributed by atoms with van der Waals surface area (Å²) >= 11 is 6.26. The van der Waals surface area contributed by atoms with Crippen molar-refractivity contribution >= 4 is 27.5 Å². The minimum atomic E-state index is -3.71. The van der Waals surface area contributed by atoms with Gasteiger partial charge in [0, 0.05) is 26.2 Å². The van der Waals surface area contributed by atoms with E-state index in [4.69, 9.17) is 16.3 Å². The van der Waals surface area contributed by atoms with Crippen molar-refractivity contribution in [2.24, 2.45) is 0 Å². The Labute approximate surface area is 194 Å². The molecule has 2 saturated heterocycles. The Hall–Kier alpha value is -1.97. The molecule has 4 rings (SSSR count). The number of hydrogen-bond donors (Lipinski definition) is 1. The van der Waals surface area contributed by atoms with Crippen LogP contribution in [-0.2, 0) is 27.8 Å². The quantitative estimate of drug-likeness (QED) is 0.663. The largest absolute Gasteiger partial charge is 0.379 e. The third kappa shape index (κ3) is 5.32. The molecule has 2 fully saturated rings.